The number of hydrogen-bond donors (Lipinski definition) is 0. The fraction of sp³-hybridized carbons (Fsp3) is 1.00. The van der Waals surface area contributed by atoms with Gasteiger partial charge in [-0.15, -0.1) is 0 Å². The second-order valence-corrected chi connectivity index (χ2v) is 10.6. The molecule has 0 amide bonds. The number of ether oxygens (including phenoxy) is 2. The second-order valence-electron chi connectivity index (χ2n) is 8.37. The number of thioether (sulfide) groups is 1. The van der Waals surface area contributed by atoms with E-state index in [1.165, 1.54) is 108 Å². The minimum Gasteiger partial charge on any atom is -0.726 e. The first-order valence-electron chi connectivity index (χ1n) is 12.9. The molecule has 0 unspecified atom stereocenters. The van der Waals surface area contributed by atoms with E-state index in [9.17, 15) is 13.0 Å². The molecular weight excluding hydrogens is 471 g/mol. The molecule has 0 rings (SSSR count). The van der Waals surface area contributed by atoms with Gasteiger partial charge in [-0.2, -0.15) is 11.8 Å². The zero-order valence-corrected chi connectivity index (χ0v) is 25.2. The molecule has 0 atom stereocenters. The van der Waals surface area contributed by atoms with Crippen molar-refractivity contribution < 1.29 is 56.2 Å². The summed E-state index contributed by atoms with van der Waals surface area (Å²) in [7, 11) is -4.62. The van der Waals surface area contributed by atoms with E-state index in [-0.39, 0.29) is 42.8 Å². The molecule has 0 aliphatic heterocycles. The van der Waals surface area contributed by atoms with Gasteiger partial charge in [-0.1, -0.05) is 103 Å². The van der Waals surface area contributed by atoms with Gasteiger partial charge in [0.25, 0.3) is 0 Å². The van der Waals surface area contributed by atoms with Gasteiger partial charge in [-0.3, -0.25) is 4.18 Å². The van der Waals surface area contributed by atoms with Crippen LogP contribution in [-0.2, 0) is 24.1 Å². The molecule has 0 aromatic rings. The molecule has 0 saturated heterocycles. The van der Waals surface area contributed by atoms with Gasteiger partial charge < -0.3 is 14.0 Å². The smallest absolute Gasteiger partial charge is 0.726 e. The summed E-state index contributed by atoms with van der Waals surface area (Å²) in [5, 5.41) is 0. The van der Waals surface area contributed by atoms with E-state index in [1.807, 2.05) is 11.8 Å². The Morgan fingerprint density at radius 1 is 0.576 bits per heavy atom. The Labute approximate surface area is 231 Å². The second kappa shape index (κ2) is 29.4. The van der Waals surface area contributed by atoms with E-state index in [1.54, 1.807) is 0 Å². The van der Waals surface area contributed by atoms with Crippen molar-refractivity contribution in [3.05, 3.63) is 0 Å². The van der Waals surface area contributed by atoms with Crippen LogP contribution >= 0.6 is 11.8 Å². The molecule has 0 spiro atoms. The summed E-state index contributed by atoms with van der Waals surface area (Å²) in [5.41, 5.74) is 0. The molecule has 6 nitrogen and oxygen atoms in total. The van der Waals surface area contributed by atoms with E-state index in [0.717, 1.165) is 5.75 Å². The average Bonchev–Trinajstić information content (AvgIpc) is 2.75. The summed E-state index contributed by atoms with van der Waals surface area (Å²) < 4.78 is 45.2. The molecule has 0 N–H and O–H groups in total. The predicted octanol–water partition coefficient (Wildman–Crippen LogP) is 3.50. The van der Waals surface area contributed by atoms with Crippen LogP contribution < -0.4 is 29.6 Å². The van der Waals surface area contributed by atoms with Crippen LogP contribution in [0.3, 0.4) is 0 Å². The van der Waals surface area contributed by atoms with E-state index in [0.29, 0.717) is 19.8 Å². The Morgan fingerprint density at radius 3 is 1.42 bits per heavy atom. The fourth-order valence-corrected chi connectivity index (χ4v) is 4.61. The number of hydrogen-bond acceptors (Lipinski definition) is 7. The van der Waals surface area contributed by atoms with Crippen molar-refractivity contribution in [2.45, 2.75) is 110 Å². The first kappa shape index (κ1) is 36.3. The fourth-order valence-electron chi connectivity index (χ4n) is 3.49. The van der Waals surface area contributed by atoms with E-state index in [4.69, 9.17) is 9.47 Å². The Kier molecular flexibility index (Phi) is 32.3. The predicted molar refractivity (Wildman–Crippen MR) is 134 cm³/mol. The van der Waals surface area contributed by atoms with Gasteiger partial charge in [-0.05, 0) is 12.2 Å². The van der Waals surface area contributed by atoms with Crippen LogP contribution in [0.4, 0.5) is 0 Å². The molecule has 0 saturated carbocycles. The van der Waals surface area contributed by atoms with Crippen LogP contribution in [0.25, 0.3) is 0 Å². The van der Waals surface area contributed by atoms with Gasteiger partial charge in [0, 0.05) is 5.75 Å². The van der Waals surface area contributed by atoms with Crippen molar-refractivity contribution in [3.8, 4) is 0 Å². The third kappa shape index (κ3) is 35.4. The molecule has 0 radical (unpaired) electrons. The number of unbranched alkanes of at least 4 members (excludes halogenated alkanes) is 15. The quantitative estimate of drug-likeness (QED) is 0.0709. The summed E-state index contributed by atoms with van der Waals surface area (Å²) in [6.07, 6.45) is 22.4. The first-order chi connectivity index (χ1) is 15.6. The van der Waals surface area contributed by atoms with Gasteiger partial charge in [0.05, 0.1) is 33.0 Å². The molecule has 0 heterocycles. The average molecular weight is 521 g/mol. The maximum absolute atomic E-state index is 10.2. The summed E-state index contributed by atoms with van der Waals surface area (Å²) >= 11 is 1.93. The standard InChI is InChI=1S/C24H50O6S2.Na/c1-2-3-4-5-6-7-8-9-10-11-12-13-14-15-16-17-23-31-24-22-29-19-18-28-20-21-30-32(25,26)27;/h2-24H2,1H3,(H,25,26,27);/q;+1/p-1. The molecule has 0 aromatic carbocycles. The van der Waals surface area contributed by atoms with Crippen molar-refractivity contribution in [1.82, 2.24) is 0 Å². The summed E-state index contributed by atoms with van der Waals surface area (Å²) in [5.74, 6) is 2.18. The Balaban J connectivity index is 0. The Hall–Kier alpha value is 1.14. The minimum absolute atomic E-state index is 0. The molecule has 0 fully saturated rings. The van der Waals surface area contributed by atoms with Crippen molar-refractivity contribution in [1.29, 1.82) is 0 Å². The van der Waals surface area contributed by atoms with Crippen molar-refractivity contribution in [3.63, 3.8) is 0 Å². The van der Waals surface area contributed by atoms with Gasteiger partial charge in [0.15, 0.2) is 0 Å². The Morgan fingerprint density at radius 2 is 0.970 bits per heavy atom. The summed E-state index contributed by atoms with van der Waals surface area (Å²) in [6.45, 7) is 3.62. The van der Waals surface area contributed by atoms with Crippen molar-refractivity contribution in [2.75, 3.05) is 44.5 Å². The third-order valence-corrected chi connectivity index (χ3v) is 6.83. The van der Waals surface area contributed by atoms with Crippen LogP contribution in [0.5, 0.6) is 0 Å². The van der Waals surface area contributed by atoms with Gasteiger partial charge >= 0.3 is 29.6 Å². The molecule has 33 heavy (non-hydrogen) atoms. The first-order valence-corrected chi connectivity index (χ1v) is 15.4. The minimum atomic E-state index is -4.62. The van der Waals surface area contributed by atoms with E-state index < -0.39 is 10.4 Å². The van der Waals surface area contributed by atoms with Crippen LogP contribution in [0, 0.1) is 0 Å². The van der Waals surface area contributed by atoms with Crippen LogP contribution in [0.1, 0.15) is 110 Å². The summed E-state index contributed by atoms with van der Waals surface area (Å²) in [4.78, 5) is 0. The van der Waals surface area contributed by atoms with Gasteiger partial charge in [-0.25, -0.2) is 8.42 Å². The maximum atomic E-state index is 10.2. The largest absolute Gasteiger partial charge is 1.00 e. The molecule has 194 valence electrons. The van der Waals surface area contributed by atoms with E-state index >= 15 is 0 Å². The topological polar surface area (TPSA) is 84.9 Å². The monoisotopic (exact) mass is 520 g/mol. The third-order valence-electron chi connectivity index (χ3n) is 5.34. The zero-order chi connectivity index (χ0) is 23.6. The van der Waals surface area contributed by atoms with Crippen LogP contribution in [0.2, 0.25) is 0 Å². The Bertz CT molecular complexity index is 466. The zero-order valence-electron chi connectivity index (χ0n) is 21.5. The molecule has 0 bridgehead atoms. The normalized spacial score (nSPS) is 11.6. The maximum Gasteiger partial charge on any atom is 1.00 e. The van der Waals surface area contributed by atoms with E-state index in [2.05, 4.69) is 11.1 Å². The van der Waals surface area contributed by atoms with Gasteiger partial charge in [0.1, 0.15) is 0 Å². The van der Waals surface area contributed by atoms with Gasteiger partial charge in [0.2, 0.25) is 10.4 Å². The molecule has 0 aliphatic rings. The van der Waals surface area contributed by atoms with Crippen molar-refractivity contribution >= 4 is 22.2 Å². The molecular formula is C24H49NaO6S2. The number of rotatable bonds is 27. The SMILES string of the molecule is CCCCCCCCCCCCCCCCCCSCCOCCOCCOS(=O)(=O)[O-].[Na+]. The summed E-state index contributed by atoms with van der Waals surface area (Å²) in [6, 6.07) is 0. The molecule has 0 aromatic heterocycles. The van der Waals surface area contributed by atoms with Crippen LogP contribution in [0.15, 0.2) is 0 Å². The van der Waals surface area contributed by atoms with Crippen molar-refractivity contribution in [2.24, 2.45) is 0 Å². The molecule has 9 heteroatoms. The molecule has 0 aliphatic carbocycles. The van der Waals surface area contributed by atoms with Crippen LogP contribution in [-0.4, -0.2) is 57.5 Å².